The number of alkyl carbamates (subject to hydrolysis) is 1. The van der Waals surface area contributed by atoms with E-state index in [2.05, 4.69) is 5.32 Å². The molecule has 206 valence electrons. The Hall–Kier alpha value is -2.42. The molecule has 0 aliphatic heterocycles. The van der Waals surface area contributed by atoms with Crippen LogP contribution in [-0.4, -0.2) is 84.5 Å². The van der Waals surface area contributed by atoms with Gasteiger partial charge in [-0.15, -0.1) is 0 Å². The van der Waals surface area contributed by atoms with Gasteiger partial charge in [0.15, 0.2) is 0 Å². The van der Waals surface area contributed by atoms with E-state index >= 15 is 0 Å². The number of aliphatic carboxylic acids is 1. The molecule has 0 saturated heterocycles. The second-order valence-electron chi connectivity index (χ2n) is 9.30. The molecule has 14 heteroatoms. The summed E-state index contributed by atoms with van der Waals surface area (Å²) in [7, 11) is -7.35. The quantitative estimate of drug-likeness (QED) is 0.322. The summed E-state index contributed by atoms with van der Waals surface area (Å²) in [4.78, 5) is 25.3. The Morgan fingerprint density at radius 1 is 1.03 bits per heavy atom. The molecule has 0 aliphatic rings. The predicted molar refractivity (Wildman–Crippen MR) is 134 cm³/mol. The van der Waals surface area contributed by atoms with Crippen molar-refractivity contribution in [3.8, 4) is 0 Å². The van der Waals surface area contributed by atoms with E-state index in [0.29, 0.717) is 5.69 Å². The standard InChI is InChI=1S/C22H36N2O10S2/c1-16-7-8-19(24(9-11-32-35(5,28)29)10-12-33-36(6,30)31)14-17(16)13-18(15-20(25)26)23-21(27)34-22(2,3)4/h7-8,14,18H,9-13,15H2,1-6H3,(H,23,27)(H,25,26)/t18-/m0/s1. The molecule has 1 aromatic carbocycles. The lowest BCUT2D eigenvalue weighted by Gasteiger charge is -2.26. The lowest BCUT2D eigenvalue weighted by Crippen LogP contribution is -2.41. The highest BCUT2D eigenvalue weighted by atomic mass is 32.2. The van der Waals surface area contributed by atoms with Crippen LogP contribution in [0, 0.1) is 6.92 Å². The molecule has 0 radical (unpaired) electrons. The molecule has 0 heterocycles. The first-order valence-corrected chi connectivity index (χ1v) is 14.7. The normalized spacial score (nSPS) is 13.2. The molecule has 0 aromatic heterocycles. The minimum Gasteiger partial charge on any atom is -0.481 e. The van der Waals surface area contributed by atoms with Crippen molar-refractivity contribution in [3.05, 3.63) is 29.3 Å². The van der Waals surface area contributed by atoms with E-state index in [0.717, 1.165) is 23.6 Å². The minimum atomic E-state index is -3.67. The molecule has 1 aromatic rings. The Morgan fingerprint density at radius 3 is 2.00 bits per heavy atom. The third kappa shape index (κ3) is 14.2. The van der Waals surface area contributed by atoms with Crippen molar-refractivity contribution in [3.63, 3.8) is 0 Å². The first-order chi connectivity index (χ1) is 16.3. The second-order valence-corrected chi connectivity index (χ2v) is 12.6. The van der Waals surface area contributed by atoms with Crippen molar-refractivity contribution in [2.24, 2.45) is 0 Å². The number of aryl methyl sites for hydroxylation is 1. The summed E-state index contributed by atoms with van der Waals surface area (Å²) in [6, 6.07) is 4.55. The zero-order valence-corrected chi connectivity index (χ0v) is 23.1. The van der Waals surface area contributed by atoms with Crippen LogP contribution in [0.15, 0.2) is 18.2 Å². The first-order valence-electron chi connectivity index (χ1n) is 11.1. The van der Waals surface area contributed by atoms with Gasteiger partial charge in [-0.2, -0.15) is 16.8 Å². The number of hydrogen-bond donors (Lipinski definition) is 2. The van der Waals surface area contributed by atoms with Gasteiger partial charge >= 0.3 is 12.1 Å². The molecule has 1 rings (SSSR count). The fourth-order valence-electron chi connectivity index (χ4n) is 3.17. The van der Waals surface area contributed by atoms with E-state index in [1.165, 1.54) is 0 Å². The lowest BCUT2D eigenvalue weighted by atomic mass is 9.98. The van der Waals surface area contributed by atoms with Crippen molar-refractivity contribution < 1.29 is 44.6 Å². The maximum atomic E-state index is 12.2. The lowest BCUT2D eigenvalue weighted by molar-refractivity contribution is -0.137. The zero-order valence-electron chi connectivity index (χ0n) is 21.4. The number of nitrogens with zero attached hydrogens (tertiary/aromatic N) is 1. The smallest absolute Gasteiger partial charge is 0.407 e. The van der Waals surface area contributed by atoms with Crippen LogP contribution in [-0.2, 0) is 44.6 Å². The van der Waals surface area contributed by atoms with Crippen LogP contribution in [0.2, 0.25) is 0 Å². The highest BCUT2D eigenvalue weighted by Crippen LogP contribution is 2.22. The van der Waals surface area contributed by atoms with Crippen molar-refractivity contribution in [1.29, 1.82) is 0 Å². The number of carbonyl (C=O) groups is 2. The number of hydrogen-bond acceptors (Lipinski definition) is 10. The predicted octanol–water partition coefficient (Wildman–Crippen LogP) is 1.66. The van der Waals surface area contributed by atoms with Crippen LogP contribution < -0.4 is 10.2 Å². The van der Waals surface area contributed by atoms with Crippen LogP contribution in [0.25, 0.3) is 0 Å². The maximum Gasteiger partial charge on any atom is 0.407 e. The summed E-state index contributed by atoms with van der Waals surface area (Å²) >= 11 is 0. The fraction of sp³-hybridized carbons (Fsp3) is 0.636. The third-order valence-corrected chi connectivity index (χ3v) is 5.81. The first kappa shape index (κ1) is 31.6. The largest absolute Gasteiger partial charge is 0.481 e. The third-order valence-electron chi connectivity index (χ3n) is 4.62. The highest BCUT2D eigenvalue weighted by Gasteiger charge is 2.22. The fourth-order valence-corrected chi connectivity index (χ4v) is 3.92. The molecule has 0 bridgehead atoms. The zero-order chi connectivity index (χ0) is 27.7. The number of ether oxygens (including phenoxy) is 1. The monoisotopic (exact) mass is 552 g/mol. The van der Waals surface area contributed by atoms with E-state index in [-0.39, 0.29) is 39.1 Å². The number of carbonyl (C=O) groups excluding carboxylic acids is 1. The van der Waals surface area contributed by atoms with Crippen LogP contribution in [0.4, 0.5) is 10.5 Å². The molecule has 1 atom stereocenters. The van der Waals surface area contributed by atoms with Crippen LogP contribution in [0.1, 0.15) is 38.3 Å². The molecule has 36 heavy (non-hydrogen) atoms. The Balaban J connectivity index is 3.15. The van der Waals surface area contributed by atoms with Gasteiger partial charge in [-0.05, 0) is 57.4 Å². The van der Waals surface area contributed by atoms with Crippen molar-refractivity contribution in [1.82, 2.24) is 5.32 Å². The van der Waals surface area contributed by atoms with Gasteiger partial charge in [-0.25, -0.2) is 4.79 Å². The Labute approximate surface area is 213 Å². The molecular formula is C22H36N2O10S2. The van der Waals surface area contributed by atoms with E-state index in [4.69, 9.17) is 13.1 Å². The van der Waals surface area contributed by atoms with Gasteiger partial charge < -0.3 is 20.1 Å². The number of amides is 1. The summed E-state index contributed by atoms with van der Waals surface area (Å²) in [6.45, 7) is 6.78. The molecule has 1 amide bonds. The summed E-state index contributed by atoms with van der Waals surface area (Å²) in [5.74, 6) is -1.10. The number of carboxylic acid groups (broad SMARTS) is 1. The number of carboxylic acids is 1. The van der Waals surface area contributed by atoms with Crippen molar-refractivity contribution >= 4 is 38.0 Å². The average Bonchev–Trinajstić information content (AvgIpc) is 2.64. The molecule has 0 aliphatic carbocycles. The van der Waals surface area contributed by atoms with Crippen molar-refractivity contribution in [2.75, 3.05) is 43.7 Å². The van der Waals surface area contributed by atoms with Gasteiger partial charge in [0.05, 0.1) is 32.1 Å². The van der Waals surface area contributed by atoms with E-state index in [9.17, 15) is 31.5 Å². The molecular weight excluding hydrogens is 516 g/mol. The molecule has 0 saturated carbocycles. The summed E-state index contributed by atoms with van der Waals surface area (Å²) < 4.78 is 60.2. The Kier molecular flexibility index (Phi) is 11.6. The molecule has 0 unspecified atom stereocenters. The van der Waals surface area contributed by atoms with Crippen LogP contribution >= 0.6 is 0 Å². The highest BCUT2D eigenvalue weighted by molar-refractivity contribution is 7.86. The van der Waals surface area contributed by atoms with Gasteiger partial charge in [0, 0.05) is 24.8 Å². The van der Waals surface area contributed by atoms with E-state index in [1.54, 1.807) is 43.9 Å². The average molecular weight is 553 g/mol. The summed E-state index contributed by atoms with van der Waals surface area (Å²) in [6.07, 6.45) is 0.957. The number of rotatable bonds is 14. The number of nitrogens with one attached hydrogen (secondary N) is 1. The van der Waals surface area contributed by atoms with Crippen LogP contribution in [0.3, 0.4) is 0 Å². The van der Waals surface area contributed by atoms with Crippen molar-refractivity contribution in [2.45, 2.75) is 52.2 Å². The summed E-state index contributed by atoms with van der Waals surface area (Å²) in [5.41, 5.74) is 1.42. The number of benzene rings is 1. The van der Waals surface area contributed by atoms with Crippen LogP contribution in [0.5, 0.6) is 0 Å². The maximum absolute atomic E-state index is 12.2. The second kappa shape index (κ2) is 13.2. The topological polar surface area (TPSA) is 166 Å². The minimum absolute atomic E-state index is 0.109. The van der Waals surface area contributed by atoms with Gasteiger partial charge in [0.2, 0.25) is 0 Å². The molecule has 12 nitrogen and oxygen atoms in total. The van der Waals surface area contributed by atoms with E-state index in [1.807, 2.05) is 6.92 Å². The SMILES string of the molecule is Cc1ccc(N(CCOS(C)(=O)=O)CCOS(C)(=O)=O)cc1C[C@@H](CC(=O)O)NC(=O)OC(C)(C)C. The van der Waals surface area contributed by atoms with Gasteiger partial charge in [0.1, 0.15) is 5.60 Å². The number of anilines is 1. The Bertz CT molecular complexity index is 1070. The van der Waals surface area contributed by atoms with E-state index < -0.39 is 43.9 Å². The Morgan fingerprint density at radius 2 is 1.56 bits per heavy atom. The van der Waals surface area contributed by atoms with Gasteiger partial charge in [0.25, 0.3) is 20.2 Å². The summed E-state index contributed by atoms with van der Waals surface area (Å²) in [5, 5.41) is 11.9. The molecule has 2 N–H and O–H groups in total. The molecule has 0 spiro atoms. The van der Waals surface area contributed by atoms with Gasteiger partial charge in [-0.3, -0.25) is 13.2 Å². The van der Waals surface area contributed by atoms with Gasteiger partial charge in [-0.1, -0.05) is 6.07 Å². The molecule has 0 fully saturated rings.